The van der Waals surface area contributed by atoms with Crippen LogP contribution in [0.3, 0.4) is 0 Å². The van der Waals surface area contributed by atoms with Crippen LogP contribution in [0, 0.1) is 0 Å². The topological polar surface area (TPSA) is 152 Å². The summed E-state index contributed by atoms with van der Waals surface area (Å²) in [6.45, 7) is 3.31. The van der Waals surface area contributed by atoms with Crippen LogP contribution in [-0.2, 0) is 28.5 Å². The molecule has 1 fully saturated rings. The van der Waals surface area contributed by atoms with Gasteiger partial charge >= 0.3 is 11.9 Å². The van der Waals surface area contributed by atoms with Crippen molar-refractivity contribution in [1.29, 1.82) is 0 Å². The highest BCUT2D eigenvalue weighted by atomic mass is 16.7. The molecule has 1 rings (SSSR count). The van der Waals surface area contributed by atoms with Crippen LogP contribution in [0.25, 0.3) is 0 Å². The van der Waals surface area contributed by atoms with E-state index in [9.17, 15) is 30.0 Å². The van der Waals surface area contributed by atoms with Gasteiger partial charge < -0.3 is 39.4 Å². The zero-order chi connectivity index (χ0) is 43.0. The lowest BCUT2D eigenvalue weighted by Gasteiger charge is -2.39. The second kappa shape index (κ2) is 39.5. The molecule has 1 aliphatic heterocycles. The molecular weight excluding hydrogens is 749 g/mol. The van der Waals surface area contributed by atoms with E-state index in [0.29, 0.717) is 6.42 Å². The lowest BCUT2D eigenvalue weighted by molar-refractivity contribution is -0.305. The van der Waals surface area contributed by atoms with Crippen molar-refractivity contribution in [3.05, 3.63) is 60.8 Å². The number of carbonyl (C=O) groups excluding carboxylic acids is 2. The standard InChI is InChI=1S/C49H84O10/c1-3-5-7-9-11-13-15-17-19-21-23-25-27-29-31-33-35-37-44(51)56-40-42(41-57-49-48(55)47(54)46(53)43(39-50)59-49)58-45(52)38-36-34-32-30-28-26-24-22-20-18-16-14-12-10-8-6-4-2/h8,10,13-16,20,22,26,28,42-43,46-50,53-55H,3-7,9,11-12,17-19,21,23-25,27,29-41H2,1-2H3/b10-8+,15-13+,16-14+,22-20+,28-26+/t42-,43-,46+,47?,48?,49-/m0/s1. The number of aliphatic hydroxyl groups is 4. The third-order valence-corrected chi connectivity index (χ3v) is 10.4. The Morgan fingerprint density at radius 3 is 1.53 bits per heavy atom. The summed E-state index contributed by atoms with van der Waals surface area (Å²) >= 11 is 0. The largest absolute Gasteiger partial charge is 0.462 e. The molecule has 59 heavy (non-hydrogen) atoms. The fourth-order valence-corrected chi connectivity index (χ4v) is 6.64. The van der Waals surface area contributed by atoms with Gasteiger partial charge in [-0.05, 0) is 77.0 Å². The van der Waals surface area contributed by atoms with E-state index in [-0.39, 0.29) is 32.0 Å². The first-order chi connectivity index (χ1) is 28.8. The second-order valence-corrected chi connectivity index (χ2v) is 15.8. The Morgan fingerprint density at radius 2 is 0.983 bits per heavy atom. The third kappa shape index (κ3) is 31.0. The summed E-state index contributed by atoms with van der Waals surface area (Å²) in [7, 11) is 0. The third-order valence-electron chi connectivity index (χ3n) is 10.4. The highest BCUT2D eigenvalue weighted by Gasteiger charge is 2.44. The lowest BCUT2D eigenvalue weighted by Crippen LogP contribution is -2.59. The van der Waals surface area contributed by atoms with E-state index in [0.717, 1.165) is 70.6 Å². The van der Waals surface area contributed by atoms with Crippen LogP contribution >= 0.6 is 0 Å². The van der Waals surface area contributed by atoms with Gasteiger partial charge in [0.05, 0.1) is 13.2 Å². The van der Waals surface area contributed by atoms with E-state index in [1.54, 1.807) is 0 Å². The van der Waals surface area contributed by atoms with Gasteiger partial charge in [-0.25, -0.2) is 0 Å². The highest BCUT2D eigenvalue weighted by Crippen LogP contribution is 2.22. The molecule has 2 unspecified atom stereocenters. The van der Waals surface area contributed by atoms with E-state index < -0.39 is 49.4 Å². The monoisotopic (exact) mass is 833 g/mol. The van der Waals surface area contributed by atoms with Gasteiger partial charge in [0, 0.05) is 12.8 Å². The predicted molar refractivity (Wildman–Crippen MR) is 238 cm³/mol. The summed E-state index contributed by atoms with van der Waals surface area (Å²) in [5.41, 5.74) is 0. The molecule has 0 aromatic rings. The number of aliphatic hydroxyl groups excluding tert-OH is 4. The van der Waals surface area contributed by atoms with Crippen LogP contribution in [0.5, 0.6) is 0 Å². The van der Waals surface area contributed by atoms with Crippen molar-refractivity contribution in [3.63, 3.8) is 0 Å². The molecule has 0 aromatic heterocycles. The Labute approximate surface area is 358 Å². The Morgan fingerprint density at radius 1 is 0.525 bits per heavy atom. The Bertz CT molecular complexity index is 1150. The Balaban J connectivity index is 2.34. The summed E-state index contributed by atoms with van der Waals surface area (Å²) in [4.78, 5) is 25.4. The van der Waals surface area contributed by atoms with Crippen molar-refractivity contribution in [2.24, 2.45) is 0 Å². The molecule has 1 heterocycles. The molecule has 0 spiro atoms. The van der Waals surface area contributed by atoms with Crippen LogP contribution < -0.4 is 0 Å². The molecule has 10 nitrogen and oxygen atoms in total. The predicted octanol–water partition coefficient (Wildman–Crippen LogP) is 10.2. The molecule has 0 bridgehead atoms. The number of carbonyl (C=O) groups is 2. The first kappa shape index (κ1) is 54.4. The molecular formula is C49H84O10. The number of allylic oxidation sites excluding steroid dienone is 10. The molecule has 6 atom stereocenters. The van der Waals surface area contributed by atoms with Gasteiger partial charge in [0.15, 0.2) is 12.4 Å². The summed E-state index contributed by atoms with van der Waals surface area (Å²) in [6, 6.07) is 0. The number of unbranched alkanes of at least 4 members (excludes halogenated alkanes) is 17. The number of esters is 2. The van der Waals surface area contributed by atoms with Crippen LogP contribution in [0.1, 0.15) is 181 Å². The minimum absolute atomic E-state index is 0.190. The molecule has 0 amide bonds. The summed E-state index contributed by atoms with van der Waals surface area (Å²) in [6.07, 6.45) is 40.8. The maximum atomic E-state index is 12.8. The maximum Gasteiger partial charge on any atom is 0.306 e. The first-order valence-electron chi connectivity index (χ1n) is 23.4. The van der Waals surface area contributed by atoms with Crippen molar-refractivity contribution in [2.45, 2.75) is 218 Å². The van der Waals surface area contributed by atoms with Gasteiger partial charge in [-0.1, -0.05) is 152 Å². The van der Waals surface area contributed by atoms with Gasteiger partial charge in [0.1, 0.15) is 31.0 Å². The fraction of sp³-hybridized carbons (Fsp3) is 0.755. The van der Waals surface area contributed by atoms with E-state index in [2.05, 4.69) is 74.6 Å². The summed E-state index contributed by atoms with van der Waals surface area (Å²) < 4.78 is 22.1. The minimum Gasteiger partial charge on any atom is -0.462 e. The van der Waals surface area contributed by atoms with Gasteiger partial charge in [0.25, 0.3) is 0 Å². The number of ether oxygens (including phenoxy) is 4. The smallest absolute Gasteiger partial charge is 0.306 e. The second-order valence-electron chi connectivity index (χ2n) is 15.8. The van der Waals surface area contributed by atoms with Gasteiger partial charge in [-0.2, -0.15) is 0 Å². The van der Waals surface area contributed by atoms with E-state index in [1.165, 1.54) is 77.0 Å². The summed E-state index contributed by atoms with van der Waals surface area (Å²) in [5.74, 6) is -0.847. The van der Waals surface area contributed by atoms with Crippen molar-refractivity contribution >= 4 is 11.9 Å². The van der Waals surface area contributed by atoms with Crippen LogP contribution in [0.4, 0.5) is 0 Å². The van der Waals surface area contributed by atoms with Crippen molar-refractivity contribution in [3.8, 4) is 0 Å². The number of hydrogen-bond donors (Lipinski definition) is 4. The van der Waals surface area contributed by atoms with Gasteiger partial charge in [0.2, 0.25) is 0 Å². The first-order valence-corrected chi connectivity index (χ1v) is 23.4. The van der Waals surface area contributed by atoms with Crippen molar-refractivity contribution < 1.29 is 49.0 Å². The van der Waals surface area contributed by atoms with E-state index >= 15 is 0 Å². The molecule has 1 aliphatic rings. The molecule has 0 aromatic carbocycles. The SMILES string of the molecule is CCC/C=C/C/C=C/C/C=C/C/C=C/CCCCCC(=O)O[C@@H](COC(=O)CCCCCCCCCCC/C=C/CCCCCC)CO[C@H]1O[C@@H](CO)[C@@H](O)C(O)C1O. The van der Waals surface area contributed by atoms with Gasteiger partial charge in [-0.15, -0.1) is 0 Å². The van der Waals surface area contributed by atoms with Crippen molar-refractivity contribution in [2.75, 3.05) is 19.8 Å². The van der Waals surface area contributed by atoms with E-state index in [1.807, 2.05) is 0 Å². The fourth-order valence-electron chi connectivity index (χ4n) is 6.64. The highest BCUT2D eigenvalue weighted by molar-refractivity contribution is 5.70. The molecule has 10 heteroatoms. The van der Waals surface area contributed by atoms with Crippen molar-refractivity contribution in [1.82, 2.24) is 0 Å². The van der Waals surface area contributed by atoms with Gasteiger partial charge in [-0.3, -0.25) is 9.59 Å². The normalized spacial score (nSPS) is 20.5. The number of hydrogen-bond acceptors (Lipinski definition) is 10. The quantitative estimate of drug-likeness (QED) is 0.0269. The molecule has 1 saturated heterocycles. The Kier molecular flexibility index (Phi) is 36.5. The molecule has 0 aliphatic carbocycles. The number of rotatable bonds is 38. The molecule has 0 radical (unpaired) electrons. The average Bonchev–Trinajstić information content (AvgIpc) is 3.23. The van der Waals surface area contributed by atoms with Crippen LogP contribution in [-0.4, -0.2) is 89.0 Å². The Hall–Kier alpha value is -2.60. The summed E-state index contributed by atoms with van der Waals surface area (Å²) in [5, 5.41) is 40.1. The lowest BCUT2D eigenvalue weighted by atomic mass is 9.99. The molecule has 4 N–H and O–H groups in total. The van der Waals surface area contributed by atoms with E-state index in [4.69, 9.17) is 18.9 Å². The zero-order valence-corrected chi connectivity index (χ0v) is 37.0. The minimum atomic E-state index is -1.60. The maximum absolute atomic E-state index is 12.8. The molecule has 0 saturated carbocycles. The zero-order valence-electron chi connectivity index (χ0n) is 37.0. The molecule has 340 valence electrons. The van der Waals surface area contributed by atoms with Crippen LogP contribution in [0.2, 0.25) is 0 Å². The van der Waals surface area contributed by atoms with Crippen LogP contribution in [0.15, 0.2) is 60.8 Å². The average molecular weight is 833 g/mol.